The maximum absolute atomic E-state index is 13.3. The van der Waals surface area contributed by atoms with Crippen LogP contribution in [0.15, 0.2) is 45.5 Å². The Labute approximate surface area is 188 Å². The van der Waals surface area contributed by atoms with Crippen LogP contribution >= 0.6 is 11.8 Å². The third kappa shape index (κ3) is 4.49. The number of carbonyl (C=O) groups excluding carboxylic acids is 1. The summed E-state index contributed by atoms with van der Waals surface area (Å²) in [5.74, 6) is 1.82. The third-order valence-corrected chi connectivity index (χ3v) is 6.95. The average Bonchev–Trinajstić information content (AvgIpc) is 2.65. The lowest BCUT2D eigenvalue weighted by atomic mass is 9.69. The summed E-state index contributed by atoms with van der Waals surface area (Å²) in [4.78, 5) is 34.3. The molecular formula is C25H31N3O2S. The summed E-state index contributed by atoms with van der Waals surface area (Å²) in [5, 5.41) is 4.02. The maximum Gasteiger partial charge on any atom is 0.257 e. The van der Waals surface area contributed by atoms with Gasteiger partial charge in [-0.1, -0.05) is 69.3 Å². The van der Waals surface area contributed by atoms with E-state index in [1.54, 1.807) is 11.8 Å². The van der Waals surface area contributed by atoms with Crippen molar-refractivity contribution in [3.8, 4) is 0 Å². The zero-order valence-electron chi connectivity index (χ0n) is 19.0. The molecule has 0 unspecified atom stereocenters. The molecule has 0 saturated carbocycles. The van der Waals surface area contributed by atoms with Crippen molar-refractivity contribution in [2.24, 2.45) is 11.3 Å². The Morgan fingerprint density at radius 1 is 1.16 bits per heavy atom. The Bertz CT molecular complexity index is 1100. The van der Waals surface area contributed by atoms with Crippen LogP contribution < -0.4 is 10.9 Å². The zero-order valence-corrected chi connectivity index (χ0v) is 19.8. The average molecular weight is 438 g/mol. The number of hydrogen-bond donors (Lipinski definition) is 2. The van der Waals surface area contributed by atoms with E-state index in [4.69, 9.17) is 4.98 Å². The predicted octanol–water partition coefficient (Wildman–Crippen LogP) is 5.42. The number of nitrogens with zero attached hydrogens (tertiary/aromatic N) is 1. The van der Waals surface area contributed by atoms with Gasteiger partial charge in [-0.3, -0.25) is 9.59 Å². The van der Waals surface area contributed by atoms with E-state index in [9.17, 15) is 9.59 Å². The summed E-state index contributed by atoms with van der Waals surface area (Å²) in [6.45, 7) is 10.6. The number of H-pyrrole nitrogens is 1. The van der Waals surface area contributed by atoms with Gasteiger partial charge in [0.05, 0.1) is 5.56 Å². The number of rotatable bonds is 5. The van der Waals surface area contributed by atoms with Gasteiger partial charge in [-0.25, -0.2) is 4.98 Å². The molecule has 31 heavy (non-hydrogen) atoms. The Kier molecular flexibility index (Phi) is 5.86. The van der Waals surface area contributed by atoms with E-state index in [1.165, 1.54) is 0 Å². The molecule has 1 aromatic heterocycles. The molecule has 164 valence electrons. The predicted molar refractivity (Wildman–Crippen MR) is 127 cm³/mol. The molecule has 0 spiro atoms. The van der Waals surface area contributed by atoms with Crippen molar-refractivity contribution in [3.63, 3.8) is 0 Å². The van der Waals surface area contributed by atoms with Gasteiger partial charge >= 0.3 is 0 Å². The first kappa shape index (κ1) is 21.9. The molecule has 0 amide bonds. The summed E-state index contributed by atoms with van der Waals surface area (Å²) < 4.78 is 0. The van der Waals surface area contributed by atoms with Gasteiger partial charge in [-0.2, -0.15) is 0 Å². The molecule has 2 aliphatic rings. The fraction of sp³-hybridized carbons (Fsp3) is 0.480. The second-order valence-electron chi connectivity index (χ2n) is 9.97. The molecule has 1 atom stereocenters. The second-order valence-corrected chi connectivity index (χ2v) is 11.0. The van der Waals surface area contributed by atoms with Gasteiger partial charge in [-0.05, 0) is 36.7 Å². The molecule has 0 fully saturated rings. The number of anilines is 1. The highest BCUT2D eigenvalue weighted by Gasteiger charge is 2.42. The number of thioether (sulfide) groups is 1. The Morgan fingerprint density at radius 2 is 1.87 bits per heavy atom. The number of aromatic amines is 1. The highest BCUT2D eigenvalue weighted by Crippen LogP contribution is 2.47. The minimum atomic E-state index is -0.388. The molecule has 2 heterocycles. The molecule has 0 saturated heterocycles. The van der Waals surface area contributed by atoms with Gasteiger partial charge in [0, 0.05) is 29.4 Å². The van der Waals surface area contributed by atoms with Crippen molar-refractivity contribution in [2.75, 3.05) is 11.1 Å². The van der Waals surface area contributed by atoms with E-state index in [0.29, 0.717) is 28.9 Å². The topological polar surface area (TPSA) is 74.8 Å². The highest BCUT2D eigenvalue weighted by atomic mass is 32.2. The molecule has 2 aromatic rings. The van der Waals surface area contributed by atoms with Crippen molar-refractivity contribution < 1.29 is 4.79 Å². The lowest BCUT2D eigenvalue weighted by molar-refractivity contribution is -0.118. The van der Waals surface area contributed by atoms with Crippen LogP contribution in [0.1, 0.15) is 69.6 Å². The number of nitrogens with one attached hydrogen (secondary N) is 2. The Hall–Kier alpha value is -2.34. The zero-order chi connectivity index (χ0) is 22.3. The Morgan fingerprint density at radius 3 is 2.55 bits per heavy atom. The van der Waals surface area contributed by atoms with Gasteiger partial charge in [0.1, 0.15) is 5.82 Å². The number of benzene rings is 1. The van der Waals surface area contributed by atoms with E-state index in [1.807, 2.05) is 31.2 Å². The fourth-order valence-corrected chi connectivity index (χ4v) is 5.55. The van der Waals surface area contributed by atoms with Crippen LogP contribution in [-0.2, 0) is 4.79 Å². The van der Waals surface area contributed by atoms with Crippen LogP contribution in [-0.4, -0.2) is 21.5 Å². The van der Waals surface area contributed by atoms with Gasteiger partial charge in [-0.15, -0.1) is 0 Å². The van der Waals surface area contributed by atoms with Crippen molar-refractivity contribution in [3.05, 3.63) is 62.6 Å². The number of allylic oxidation sites excluding steroid dienone is 2. The standard InChI is InChI=1S/C25H31N3O2S/c1-14(2)10-11-31-24-27-22-21(23(30)28-24)19(16-8-6-15(3)7-9-16)20-17(26-22)12-25(4,5)13-18(20)29/h6-9,14,19H,10-13H2,1-5H3,(H2,26,27,28,30)/t19-/m0/s1. The normalized spacial score (nSPS) is 19.8. The van der Waals surface area contributed by atoms with E-state index < -0.39 is 0 Å². The Balaban J connectivity index is 1.82. The molecule has 0 radical (unpaired) electrons. The fourth-order valence-electron chi connectivity index (χ4n) is 4.45. The molecule has 6 heteroatoms. The maximum atomic E-state index is 13.3. The molecule has 1 aromatic carbocycles. The number of carbonyl (C=O) groups is 1. The lowest BCUT2D eigenvalue weighted by Gasteiger charge is -2.38. The molecule has 1 aliphatic carbocycles. The highest BCUT2D eigenvalue weighted by molar-refractivity contribution is 7.99. The number of aromatic nitrogens is 2. The minimum absolute atomic E-state index is 0.116. The second kappa shape index (κ2) is 8.30. The van der Waals surface area contributed by atoms with Crippen molar-refractivity contribution >= 4 is 23.4 Å². The first-order valence-corrected chi connectivity index (χ1v) is 12.0. The summed E-state index contributed by atoms with van der Waals surface area (Å²) in [5.41, 5.74) is 4.00. The number of ketones is 1. The van der Waals surface area contributed by atoms with Crippen LogP contribution in [0, 0.1) is 18.3 Å². The first-order valence-electron chi connectivity index (χ1n) is 11.0. The van der Waals surface area contributed by atoms with Crippen molar-refractivity contribution in [1.82, 2.24) is 9.97 Å². The van der Waals surface area contributed by atoms with Crippen LogP contribution in [0.25, 0.3) is 0 Å². The van der Waals surface area contributed by atoms with Gasteiger partial charge < -0.3 is 10.3 Å². The molecule has 5 nitrogen and oxygen atoms in total. The summed E-state index contributed by atoms with van der Waals surface area (Å²) in [6.07, 6.45) is 2.31. The van der Waals surface area contributed by atoms with E-state index in [-0.39, 0.29) is 22.7 Å². The third-order valence-electron chi connectivity index (χ3n) is 6.04. The lowest BCUT2D eigenvalue weighted by Crippen LogP contribution is -2.37. The molecule has 0 bridgehead atoms. The number of fused-ring (bicyclic) bond motifs is 1. The van der Waals surface area contributed by atoms with E-state index >= 15 is 0 Å². The van der Waals surface area contributed by atoms with Crippen LogP contribution in [0.3, 0.4) is 0 Å². The molecule has 4 rings (SSSR count). The van der Waals surface area contributed by atoms with E-state index in [2.05, 4.69) is 38.0 Å². The molecular weight excluding hydrogens is 406 g/mol. The van der Waals surface area contributed by atoms with Crippen LogP contribution in [0.2, 0.25) is 0 Å². The summed E-state index contributed by atoms with van der Waals surface area (Å²) in [7, 11) is 0. The van der Waals surface area contributed by atoms with Gasteiger partial charge in [0.2, 0.25) is 0 Å². The molecule has 2 N–H and O–H groups in total. The molecule has 1 aliphatic heterocycles. The number of Topliss-reactive ketones (excluding diaryl/α,β-unsaturated/α-hetero) is 1. The van der Waals surface area contributed by atoms with Crippen LogP contribution in [0.5, 0.6) is 0 Å². The van der Waals surface area contributed by atoms with Gasteiger partial charge in [0.25, 0.3) is 5.56 Å². The largest absolute Gasteiger partial charge is 0.343 e. The van der Waals surface area contributed by atoms with Crippen LogP contribution in [0.4, 0.5) is 5.82 Å². The van der Waals surface area contributed by atoms with Crippen molar-refractivity contribution in [2.45, 2.75) is 65.0 Å². The quantitative estimate of drug-likeness (QED) is 0.483. The summed E-state index contributed by atoms with van der Waals surface area (Å²) >= 11 is 1.57. The van der Waals surface area contributed by atoms with Gasteiger partial charge in [0.15, 0.2) is 10.9 Å². The SMILES string of the molecule is Cc1ccc([C@H]2C3=C(CC(C)(C)CC3=O)Nc3nc(SCCC(C)C)[nH]c(=O)c32)cc1. The monoisotopic (exact) mass is 437 g/mol. The minimum Gasteiger partial charge on any atom is -0.343 e. The first-order chi connectivity index (χ1) is 14.6. The number of aryl methyl sites for hydroxylation is 1. The van der Waals surface area contributed by atoms with E-state index in [0.717, 1.165) is 41.0 Å². The smallest absolute Gasteiger partial charge is 0.257 e. The number of hydrogen-bond acceptors (Lipinski definition) is 5. The summed E-state index contributed by atoms with van der Waals surface area (Å²) in [6, 6.07) is 8.12. The van der Waals surface area contributed by atoms with Crippen molar-refractivity contribution in [1.29, 1.82) is 0 Å².